The van der Waals surface area contributed by atoms with Crippen LogP contribution in [0.1, 0.15) is 35.3 Å². The highest BCUT2D eigenvalue weighted by atomic mass is 16.5. The van der Waals surface area contributed by atoms with Gasteiger partial charge in [0.25, 0.3) is 0 Å². The number of nitrogens with one attached hydrogen (secondary N) is 1. The highest BCUT2D eigenvalue weighted by molar-refractivity contribution is 6.54. The van der Waals surface area contributed by atoms with E-state index in [0.717, 1.165) is 5.56 Å². The average molecular weight is 347 g/mol. The predicted molar refractivity (Wildman–Crippen MR) is 95.4 cm³/mol. The molecule has 0 aromatic heterocycles. The second-order valence-electron chi connectivity index (χ2n) is 6.94. The van der Waals surface area contributed by atoms with Crippen LogP contribution in [0.25, 0.3) is 5.70 Å². The summed E-state index contributed by atoms with van der Waals surface area (Å²) in [5.41, 5.74) is 1.29. The van der Waals surface area contributed by atoms with Gasteiger partial charge in [-0.05, 0) is 31.5 Å². The van der Waals surface area contributed by atoms with Gasteiger partial charge >= 0.3 is 0 Å². The van der Waals surface area contributed by atoms with Crippen LogP contribution in [0.4, 0.5) is 0 Å². The maximum Gasteiger partial charge on any atom is 0.234 e. The molecular weight excluding hydrogens is 330 g/mol. The normalized spacial score (nSPS) is 17.7. The lowest BCUT2D eigenvalue weighted by Crippen LogP contribution is -2.32. The van der Waals surface area contributed by atoms with Gasteiger partial charge in [-0.3, -0.25) is 14.4 Å². The monoisotopic (exact) mass is 347 g/mol. The number of hydrogen-bond acceptors (Lipinski definition) is 4. The Labute approximate surface area is 150 Å². The number of ether oxygens (including phenoxy) is 1. The van der Waals surface area contributed by atoms with Crippen LogP contribution < -0.4 is 10.1 Å². The molecule has 0 fully saturated rings. The lowest BCUT2D eigenvalue weighted by Gasteiger charge is -2.23. The van der Waals surface area contributed by atoms with E-state index in [1.807, 2.05) is 30.3 Å². The molecule has 1 amide bonds. The van der Waals surface area contributed by atoms with Crippen LogP contribution in [0, 0.1) is 5.41 Å². The lowest BCUT2D eigenvalue weighted by molar-refractivity contribution is -0.126. The third kappa shape index (κ3) is 2.28. The molecule has 0 saturated carbocycles. The SMILES string of the molecule is CC1(C)C(=O)NC2=C1C(=O)C(=O)c1cccc(OCc3ccccc3)c12. The highest BCUT2D eigenvalue weighted by Gasteiger charge is 2.50. The standard InChI is InChI=1S/C21H17NO4/c1-21(2)16-17(22-20(21)25)15-13(18(23)19(16)24)9-6-10-14(15)26-11-12-7-4-3-5-8-12/h3-10H,11H2,1-2H3,(H,22,25). The summed E-state index contributed by atoms with van der Waals surface area (Å²) in [4.78, 5) is 37.5. The van der Waals surface area contributed by atoms with Gasteiger partial charge in [0.1, 0.15) is 12.4 Å². The number of hydrogen-bond donors (Lipinski definition) is 1. The van der Waals surface area contributed by atoms with E-state index in [9.17, 15) is 14.4 Å². The minimum absolute atomic E-state index is 0.218. The van der Waals surface area contributed by atoms with Crippen molar-refractivity contribution < 1.29 is 19.1 Å². The molecule has 2 aromatic carbocycles. The minimum Gasteiger partial charge on any atom is -0.488 e. The molecule has 1 aliphatic heterocycles. The van der Waals surface area contributed by atoms with Gasteiger partial charge in [0.2, 0.25) is 17.5 Å². The Bertz CT molecular complexity index is 986. The van der Waals surface area contributed by atoms with Crippen LogP contribution >= 0.6 is 0 Å². The van der Waals surface area contributed by atoms with Crippen LogP contribution in [-0.4, -0.2) is 17.5 Å². The Balaban J connectivity index is 1.82. The average Bonchev–Trinajstić information content (AvgIpc) is 2.88. The van der Waals surface area contributed by atoms with E-state index in [2.05, 4.69) is 5.32 Å². The third-order valence-electron chi connectivity index (χ3n) is 4.87. The maximum atomic E-state index is 12.6. The molecule has 26 heavy (non-hydrogen) atoms. The first-order chi connectivity index (χ1) is 12.4. The lowest BCUT2D eigenvalue weighted by atomic mass is 9.76. The Morgan fingerprint density at radius 1 is 0.923 bits per heavy atom. The van der Waals surface area contributed by atoms with Gasteiger partial charge in [-0.25, -0.2) is 0 Å². The summed E-state index contributed by atoms with van der Waals surface area (Å²) >= 11 is 0. The van der Waals surface area contributed by atoms with Crippen molar-refractivity contribution in [3.8, 4) is 5.75 Å². The van der Waals surface area contributed by atoms with Gasteiger partial charge in [0.15, 0.2) is 0 Å². The number of ketones is 2. The van der Waals surface area contributed by atoms with Crippen molar-refractivity contribution in [2.75, 3.05) is 0 Å². The number of amides is 1. The number of carbonyl (C=O) groups excluding carboxylic acids is 3. The van der Waals surface area contributed by atoms with Crippen molar-refractivity contribution in [3.05, 3.63) is 70.8 Å². The molecule has 0 saturated heterocycles. The summed E-state index contributed by atoms with van der Waals surface area (Å²) in [5.74, 6) is -1.06. The van der Waals surface area contributed by atoms with Gasteiger partial charge in [0, 0.05) is 11.1 Å². The van der Waals surface area contributed by atoms with E-state index >= 15 is 0 Å². The minimum atomic E-state index is -1.05. The van der Waals surface area contributed by atoms with Gasteiger partial charge < -0.3 is 10.1 Å². The third-order valence-corrected chi connectivity index (χ3v) is 4.87. The van der Waals surface area contributed by atoms with Crippen molar-refractivity contribution in [1.82, 2.24) is 5.32 Å². The van der Waals surface area contributed by atoms with Crippen molar-refractivity contribution in [3.63, 3.8) is 0 Å². The molecular formula is C21H17NO4. The molecule has 4 rings (SSSR count). The first-order valence-electron chi connectivity index (χ1n) is 8.36. The first kappa shape index (κ1) is 16.3. The van der Waals surface area contributed by atoms with Crippen LogP contribution in [-0.2, 0) is 16.2 Å². The van der Waals surface area contributed by atoms with E-state index in [1.165, 1.54) is 0 Å². The summed E-state index contributed by atoms with van der Waals surface area (Å²) in [6.07, 6.45) is 0. The van der Waals surface area contributed by atoms with Crippen LogP contribution in [0.15, 0.2) is 54.1 Å². The van der Waals surface area contributed by atoms with Gasteiger partial charge in [-0.15, -0.1) is 0 Å². The van der Waals surface area contributed by atoms with E-state index < -0.39 is 17.0 Å². The maximum absolute atomic E-state index is 12.6. The fourth-order valence-corrected chi connectivity index (χ4v) is 3.41. The number of fused-ring (bicyclic) bond motifs is 2. The smallest absolute Gasteiger partial charge is 0.234 e. The predicted octanol–water partition coefficient (Wildman–Crippen LogP) is 2.90. The number of Topliss-reactive ketones (excluding diaryl/α,β-unsaturated/α-hetero) is 2. The molecule has 2 aliphatic rings. The number of rotatable bonds is 3. The van der Waals surface area contributed by atoms with Gasteiger partial charge in [-0.1, -0.05) is 36.4 Å². The second-order valence-corrected chi connectivity index (χ2v) is 6.94. The summed E-state index contributed by atoms with van der Waals surface area (Å²) < 4.78 is 5.94. The van der Waals surface area contributed by atoms with E-state index in [4.69, 9.17) is 4.74 Å². The first-order valence-corrected chi connectivity index (χ1v) is 8.36. The molecule has 0 unspecified atom stereocenters. The molecule has 5 nitrogen and oxygen atoms in total. The number of benzene rings is 2. The quantitative estimate of drug-likeness (QED) is 0.867. The largest absolute Gasteiger partial charge is 0.488 e. The second kappa shape index (κ2) is 5.66. The summed E-state index contributed by atoms with van der Waals surface area (Å²) in [6.45, 7) is 3.61. The molecule has 0 atom stereocenters. The number of carbonyl (C=O) groups is 3. The zero-order valence-corrected chi connectivity index (χ0v) is 14.5. The molecule has 0 spiro atoms. The Hall–Kier alpha value is -3.21. The molecule has 1 heterocycles. The zero-order valence-electron chi connectivity index (χ0n) is 14.5. The molecule has 2 aromatic rings. The molecule has 5 heteroatoms. The van der Waals surface area contributed by atoms with Gasteiger partial charge in [-0.2, -0.15) is 0 Å². The van der Waals surface area contributed by atoms with E-state index in [1.54, 1.807) is 32.0 Å². The van der Waals surface area contributed by atoms with Crippen LogP contribution in [0.2, 0.25) is 0 Å². The molecule has 0 bridgehead atoms. The van der Waals surface area contributed by atoms with Crippen LogP contribution in [0.5, 0.6) is 5.75 Å². The fraction of sp³-hybridized carbons (Fsp3) is 0.190. The Kier molecular flexibility index (Phi) is 3.54. The Morgan fingerprint density at radius 3 is 2.38 bits per heavy atom. The summed E-state index contributed by atoms with van der Waals surface area (Å²) in [5, 5.41) is 2.78. The van der Waals surface area contributed by atoms with Crippen molar-refractivity contribution in [1.29, 1.82) is 0 Å². The van der Waals surface area contributed by atoms with Crippen LogP contribution in [0.3, 0.4) is 0 Å². The fourth-order valence-electron chi connectivity index (χ4n) is 3.41. The highest BCUT2D eigenvalue weighted by Crippen LogP contribution is 2.45. The molecule has 1 N–H and O–H groups in total. The summed E-state index contributed by atoms with van der Waals surface area (Å²) in [7, 11) is 0. The van der Waals surface area contributed by atoms with Crippen molar-refractivity contribution >= 4 is 23.2 Å². The van der Waals surface area contributed by atoms with E-state index in [-0.39, 0.29) is 17.0 Å². The van der Waals surface area contributed by atoms with Crippen molar-refractivity contribution in [2.24, 2.45) is 5.41 Å². The topological polar surface area (TPSA) is 72.5 Å². The summed E-state index contributed by atoms with van der Waals surface area (Å²) in [6, 6.07) is 14.6. The molecule has 130 valence electrons. The molecule has 0 radical (unpaired) electrons. The zero-order chi connectivity index (χ0) is 18.5. The van der Waals surface area contributed by atoms with Gasteiger partial charge in [0.05, 0.1) is 16.7 Å². The molecule has 1 aliphatic carbocycles. The van der Waals surface area contributed by atoms with E-state index in [0.29, 0.717) is 23.6 Å². The van der Waals surface area contributed by atoms with Crippen molar-refractivity contribution in [2.45, 2.75) is 20.5 Å². The Morgan fingerprint density at radius 2 is 1.65 bits per heavy atom.